The van der Waals surface area contributed by atoms with Crippen molar-refractivity contribution in [2.45, 2.75) is 9.35 Å². The van der Waals surface area contributed by atoms with E-state index in [4.69, 9.17) is 11.6 Å². The Labute approximate surface area is 100 Å². The highest BCUT2D eigenvalue weighted by atomic mass is 35.5. The fourth-order valence-corrected chi connectivity index (χ4v) is 2.28. The van der Waals surface area contributed by atoms with Gasteiger partial charge < -0.3 is 5.32 Å². The summed E-state index contributed by atoms with van der Waals surface area (Å²) in [5.74, 6) is -1.80. The van der Waals surface area contributed by atoms with Gasteiger partial charge in [0.05, 0.1) is 0 Å². The van der Waals surface area contributed by atoms with Crippen molar-refractivity contribution in [3.8, 4) is 0 Å². The Hall–Kier alpha value is -1.07. The van der Waals surface area contributed by atoms with Crippen LogP contribution in [0.3, 0.4) is 0 Å². The molecule has 1 aliphatic heterocycles. The first-order valence-corrected chi connectivity index (χ1v) is 5.51. The lowest BCUT2D eigenvalue weighted by Gasteiger charge is -2.23. The molecule has 2 rings (SSSR count). The highest BCUT2D eigenvalue weighted by Gasteiger charge is 2.27. The van der Waals surface area contributed by atoms with Crippen molar-refractivity contribution in [1.29, 1.82) is 0 Å². The summed E-state index contributed by atoms with van der Waals surface area (Å²) in [5, 5.41) is 2.76. The number of alkyl halides is 1. The largest absolute Gasteiger partial charge is 0.345 e. The Kier molecular flexibility index (Phi) is 3.16. The zero-order valence-electron chi connectivity index (χ0n) is 7.88. The molecule has 1 aliphatic rings. The molecule has 0 bridgehead atoms. The highest BCUT2D eigenvalue weighted by molar-refractivity contribution is 8.01. The molecule has 0 saturated carbocycles. The molecule has 0 amide bonds. The summed E-state index contributed by atoms with van der Waals surface area (Å²) in [6.45, 7) is 0. The molecule has 6 heteroatoms. The van der Waals surface area contributed by atoms with Gasteiger partial charge in [0.1, 0.15) is 0 Å². The van der Waals surface area contributed by atoms with Gasteiger partial charge in [0.2, 0.25) is 0 Å². The number of halogens is 3. The number of rotatable bonds is 2. The van der Waals surface area contributed by atoms with Gasteiger partial charge in [-0.25, -0.2) is 13.8 Å². The summed E-state index contributed by atoms with van der Waals surface area (Å²) >= 11 is 7.14. The van der Waals surface area contributed by atoms with Gasteiger partial charge >= 0.3 is 0 Å². The number of allylic oxidation sites excluding steroid dienone is 1. The molecule has 16 heavy (non-hydrogen) atoms. The average molecular weight is 260 g/mol. The fraction of sp³-hybridized carbons (Fsp3) is 0.100. The van der Waals surface area contributed by atoms with E-state index in [0.29, 0.717) is 4.90 Å². The zero-order chi connectivity index (χ0) is 11.6. The molecular weight excluding hydrogens is 254 g/mol. The molecule has 2 nitrogen and oxygen atoms in total. The number of hydrogen-bond acceptors (Lipinski definition) is 3. The minimum absolute atomic E-state index is 0.480. The van der Waals surface area contributed by atoms with E-state index < -0.39 is 16.1 Å². The van der Waals surface area contributed by atoms with Crippen LogP contribution in [0, 0.1) is 17.7 Å². The maximum Gasteiger partial charge on any atom is 0.259 e. The van der Waals surface area contributed by atoms with Crippen molar-refractivity contribution in [3.63, 3.8) is 0 Å². The molecule has 1 aromatic rings. The summed E-state index contributed by atoms with van der Waals surface area (Å²) in [4.78, 5) is 4.42. The second kappa shape index (κ2) is 4.43. The van der Waals surface area contributed by atoms with Crippen molar-refractivity contribution in [2.24, 2.45) is 4.99 Å². The topological polar surface area (TPSA) is 24.4 Å². The van der Waals surface area contributed by atoms with E-state index in [9.17, 15) is 8.78 Å². The Morgan fingerprint density at radius 1 is 1.38 bits per heavy atom. The van der Waals surface area contributed by atoms with Crippen molar-refractivity contribution >= 4 is 29.6 Å². The number of aliphatic imine (C=N–C) groups is 1. The molecule has 0 aliphatic carbocycles. The molecule has 1 unspecified atom stereocenters. The summed E-state index contributed by atoms with van der Waals surface area (Å²) in [5.41, 5.74) is 0. The molecular formula is C10H6ClF2N2S. The van der Waals surface area contributed by atoms with Crippen molar-refractivity contribution in [3.05, 3.63) is 42.1 Å². The van der Waals surface area contributed by atoms with Gasteiger partial charge in [-0.15, -0.1) is 0 Å². The van der Waals surface area contributed by atoms with Crippen LogP contribution in [-0.4, -0.2) is 10.7 Å². The smallest absolute Gasteiger partial charge is 0.259 e. The SMILES string of the molecule is Fc1ccc(SC2(Cl)N=C[C]=CN2)cc1F. The summed E-state index contributed by atoms with van der Waals surface area (Å²) in [7, 11) is 0. The van der Waals surface area contributed by atoms with Gasteiger partial charge in [0.25, 0.3) is 4.45 Å². The van der Waals surface area contributed by atoms with E-state index in [0.717, 1.165) is 23.9 Å². The lowest BCUT2D eigenvalue weighted by molar-refractivity contribution is 0.506. The lowest BCUT2D eigenvalue weighted by atomic mass is 10.3. The van der Waals surface area contributed by atoms with Gasteiger partial charge in [-0.3, -0.25) is 0 Å². The van der Waals surface area contributed by atoms with Crippen LogP contribution in [0.4, 0.5) is 8.78 Å². The first kappa shape index (κ1) is 11.4. The molecule has 0 aromatic heterocycles. The van der Waals surface area contributed by atoms with E-state index in [1.54, 1.807) is 0 Å². The van der Waals surface area contributed by atoms with Crippen molar-refractivity contribution < 1.29 is 8.78 Å². The van der Waals surface area contributed by atoms with E-state index in [1.807, 2.05) is 0 Å². The number of benzene rings is 1. The Morgan fingerprint density at radius 3 is 2.81 bits per heavy atom. The molecule has 83 valence electrons. The third-order valence-electron chi connectivity index (χ3n) is 1.78. The van der Waals surface area contributed by atoms with Gasteiger partial charge in [-0.1, -0.05) is 23.4 Å². The van der Waals surface area contributed by atoms with Crippen LogP contribution >= 0.6 is 23.4 Å². The second-order valence-corrected chi connectivity index (χ2v) is 4.99. The van der Waals surface area contributed by atoms with E-state index >= 15 is 0 Å². The summed E-state index contributed by atoms with van der Waals surface area (Å²) in [6, 6.07) is 3.56. The third-order valence-corrected chi connectivity index (χ3v) is 3.20. The quantitative estimate of drug-likeness (QED) is 0.652. The highest BCUT2D eigenvalue weighted by Crippen LogP contribution is 2.36. The predicted molar refractivity (Wildman–Crippen MR) is 60.2 cm³/mol. The molecule has 1 radical (unpaired) electrons. The maximum absolute atomic E-state index is 12.9. The van der Waals surface area contributed by atoms with E-state index in [2.05, 4.69) is 16.4 Å². The molecule has 0 spiro atoms. The molecule has 0 saturated heterocycles. The van der Waals surface area contributed by atoms with E-state index in [1.165, 1.54) is 18.5 Å². The maximum atomic E-state index is 12.9. The van der Waals surface area contributed by atoms with Crippen LogP contribution < -0.4 is 5.32 Å². The summed E-state index contributed by atoms with van der Waals surface area (Å²) < 4.78 is 24.5. The number of hydrogen-bond donors (Lipinski definition) is 1. The van der Waals surface area contributed by atoms with E-state index in [-0.39, 0.29) is 0 Å². The average Bonchev–Trinajstić information content (AvgIpc) is 2.24. The normalized spacial score (nSPS) is 23.2. The predicted octanol–water partition coefficient (Wildman–Crippen LogP) is 2.90. The monoisotopic (exact) mass is 259 g/mol. The van der Waals surface area contributed by atoms with Gasteiger partial charge in [0.15, 0.2) is 11.6 Å². The van der Waals surface area contributed by atoms with Crippen molar-refractivity contribution in [2.75, 3.05) is 0 Å². The van der Waals surface area contributed by atoms with Gasteiger partial charge in [-0.05, 0) is 18.2 Å². The molecule has 1 aromatic carbocycles. The van der Waals surface area contributed by atoms with Crippen molar-refractivity contribution in [1.82, 2.24) is 5.32 Å². The fourth-order valence-electron chi connectivity index (χ4n) is 1.08. The van der Waals surface area contributed by atoms with Crippen LogP contribution in [0.1, 0.15) is 0 Å². The number of thioether (sulfide) groups is 1. The standard InChI is InChI=1S/C10H6ClF2N2S/c11-10(14-4-1-5-15-10)16-7-2-3-8(12)9(13)6-7/h2-6,14H. The molecule has 1 atom stereocenters. The van der Waals surface area contributed by atoms with Gasteiger partial charge in [-0.2, -0.15) is 0 Å². The molecule has 1 heterocycles. The first-order valence-electron chi connectivity index (χ1n) is 4.31. The lowest BCUT2D eigenvalue weighted by Crippen LogP contribution is -2.32. The van der Waals surface area contributed by atoms with Gasteiger partial charge in [0, 0.05) is 23.4 Å². The number of nitrogens with one attached hydrogen (secondary N) is 1. The second-order valence-electron chi connectivity index (χ2n) is 2.95. The Balaban J connectivity index is 2.17. The first-order chi connectivity index (χ1) is 7.59. The number of nitrogens with zero attached hydrogens (tertiary/aromatic N) is 1. The molecule has 0 fully saturated rings. The Bertz CT molecular complexity index is 464. The van der Waals surface area contributed by atoms with Crippen LogP contribution in [0.5, 0.6) is 0 Å². The minimum Gasteiger partial charge on any atom is -0.345 e. The minimum atomic E-state index is -1.13. The van der Waals surface area contributed by atoms with Crippen LogP contribution in [-0.2, 0) is 0 Å². The van der Waals surface area contributed by atoms with Crippen LogP contribution in [0.15, 0.2) is 34.3 Å². The summed E-state index contributed by atoms with van der Waals surface area (Å²) in [6.07, 6.45) is 5.61. The third kappa shape index (κ3) is 2.54. The molecule has 1 N–H and O–H groups in total. The zero-order valence-corrected chi connectivity index (χ0v) is 9.45. The van der Waals surface area contributed by atoms with Crippen LogP contribution in [0.25, 0.3) is 0 Å². The van der Waals surface area contributed by atoms with Crippen LogP contribution in [0.2, 0.25) is 0 Å². The Morgan fingerprint density at radius 2 is 2.19 bits per heavy atom.